The van der Waals surface area contributed by atoms with E-state index in [0.717, 1.165) is 11.3 Å². The molecule has 122 valence electrons. The monoisotopic (exact) mass is 347 g/mol. The molecule has 1 aliphatic heterocycles. The lowest BCUT2D eigenvalue weighted by atomic mass is 10.1. The van der Waals surface area contributed by atoms with Crippen LogP contribution in [0.5, 0.6) is 0 Å². The molecule has 1 fully saturated rings. The summed E-state index contributed by atoms with van der Waals surface area (Å²) in [5.74, 6) is -0.208. The van der Waals surface area contributed by atoms with E-state index in [1.54, 1.807) is 11.8 Å². The molecule has 0 spiro atoms. The molecule has 2 heterocycles. The number of likely N-dealkylation sites (tertiary alicyclic amines) is 1. The fourth-order valence-electron chi connectivity index (χ4n) is 2.23. The van der Waals surface area contributed by atoms with Crippen molar-refractivity contribution in [3.63, 3.8) is 0 Å². The Kier molecular flexibility index (Phi) is 5.14. The van der Waals surface area contributed by atoms with Crippen LogP contribution in [0.25, 0.3) is 0 Å². The lowest BCUT2D eigenvalue weighted by Gasteiger charge is -2.31. The number of amides is 1. The number of carbonyl (C=O) groups excluding carboxylic acids is 1. The molecular weight excluding hydrogens is 330 g/mol. The Hall–Kier alpha value is -1.52. The zero-order valence-corrected chi connectivity index (χ0v) is 13.7. The number of nitrogens with zero attached hydrogens (tertiary/aromatic N) is 2. The van der Waals surface area contributed by atoms with E-state index in [4.69, 9.17) is 0 Å². The van der Waals surface area contributed by atoms with Crippen LogP contribution in [-0.2, 0) is 10.0 Å². The first-order valence-electron chi connectivity index (χ1n) is 6.86. The minimum atomic E-state index is -3.24. The third-order valence-corrected chi connectivity index (χ3v) is 5.97. The highest BCUT2D eigenvalue weighted by molar-refractivity contribution is 7.89. The molecule has 0 aliphatic carbocycles. The lowest BCUT2D eigenvalue weighted by molar-refractivity contribution is -0.380. The van der Waals surface area contributed by atoms with E-state index in [2.05, 4.69) is 4.72 Å². The first kappa shape index (κ1) is 16.8. The van der Waals surface area contributed by atoms with E-state index in [-0.39, 0.29) is 22.7 Å². The van der Waals surface area contributed by atoms with Crippen molar-refractivity contribution in [3.8, 4) is 0 Å². The van der Waals surface area contributed by atoms with Crippen LogP contribution < -0.4 is 4.72 Å². The van der Waals surface area contributed by atoms with Gasteiger partial charge in [0, 0.05) is 25.2 Å². The molecule has 1 aromatic rings. The van der Waals surface area contributed by atoms with Gasteiger partial charge in [-0.3, -0.25) is 14.9 Å². The molecule has 0 radical (unpaired) electrons. The maximum atomic E-state index is 12.3. The molecular formula is C12H17N3O5S2. The van der Waals surface area contributed by atoms with Crippen LogP contribution in [0.15, 0.2) is 12.1 Å². The first-order valence-corrected chi connectivity index (χ1v) is 9.33. The van der Waals surface area contributed by atoms with Gasteiger partial charge in [-0.25, -0.2) is 13.1 Å². The summed E-state index contributed by atoms with van der Waals surface area (Å²) in [5.41, 5.74) is 0. The first-order chi connectivity index (χ1) is 10.3. The molecule has 1 amide bonds. The van der Waals surface area contributed by atoms with Gasteiger partial charge in [-0.15, -0.1) is 0 Å². The Morgan fingerprint density at radius 3 is 2.59 bits per heavy atom. The zero-order chi connectivity index (χ0) is 16.3. The van der Waals surface area contributed by atoms with E-state index in [9.17, 15) is 23.3 Å². The molecule has 1 aliphatic rings. The van der Waals surface area contributed by atoms with Gasteiger partial charge in [0.2, 0.25) is 10.0 Å². The van der Waals surface area contributed by atoms with E-state index in [1.807, 2.05) is 0 Å². The highest BCUT2D eigenvalue weighted by atomic mass is 32.2. The van der Waals surface area contributed by atoms with E-state index in [1.165, 1.54) is 12.1 Å². The van der Waals surface area contributed by atoms with Gasteiger partial charge in [-0.1, -0.05) is 11.3 Å². The van der Waals surface area contributed by atoms with Gasteiger partial charge in [0.1, 0.15) is 0 Å². The van der Waals surface area contributed by atoms with Crippen molar-refractivity contribution in [2.24, 2.45) is 0 Å². The highest BCUT2D eigenvalue weighted by Gasteiger charge is 2.27. The number of carbonyl (C=O) groups is 1. The molecule has 0 unspecified atom stereocenters. The van der Waals surface area contributed by atoms with Gasteiger partial charge >= 0.3 is 5.00 Å². The second kappa shape index (κ2) is 6.71. The van der Waals surface area contributed by atoms with Crippen LogP contribution >= 0.6 is 11.3 Å². The van der Waals surface area contributed by atoms with Crippen molar-refractivity contribution in [2.75, 3.05) is 18.8 Å². The van der Waals surface area contributed by atoms with Crippen molar-refractivity contribution >= 4 is 32.3 Å². The molecule has 22 heavy (non-hydrogen) atoms. The number of hydrogen-bond acceptors (Lipinski definition) is 6. The van der Waals surface area contributed by atoms with Crippen LogP contribution in [0.3, 0.4) is 0 Å². The second-order valence-corrected chi connectivity index (χ2v) is 8.09. The van der Waals surface area contributed by atoms with Crippen molar-refractivity contribution in [3.05, 3.63) is 27.1 Å². The maximum Gasteiger partial charge on any atom is 0.324 e. The Labute approximate surface area is 132 Å². The number of rotatable bonds is 5. The van der Waals surface area contributed by atoms with Gasteiger partial charge in [0.05, 0.1) is 15.6 Å². The second-order valence-electron chi connectivity index (χ2n) is 4.98. The standard InChI is InChI=1S/C12H17N3O5S2/c1-2-22(19,20)13-9-5-7-14(8-6-9)12(16)10-3-4-11(21-10)15(17)18/h3-4,9,13H,2,5-8H2,1H3. The average Bonchev–Trinajstić information content (AvgIpc) is 2.97. The van der Waals surface area contributed by atoms with Gasteiger partial charge in [-0.2, -0.15) is 0 Å². The third kappa shape index (κ3) is 4.02. The smallest absolute Gasteiger partial charge is 0.324 e. The molecule has 2 rings (SSSR count). The molecule has 0 bridgehead atoms. The number of nitro groups is 1. The zero-order valence-electron chi connectivity index (χ0n) is 12.0. The summed E-state index contributed by atoms with van der Waals surface area (Å²) >= 11 is 0.855. The average molecular weight is 347 g/mol. The molecule has 10 heteroatoms. The fraction of sp³-hybridized carbons (Fsp3) is 0.583. The van der Waals surface area contributed by atoms with Gasteiger partial charge in [0.15, 0.2) is 0 Å². The Morgan fingerprint density at radius 1 is 1.45 bits per heavy atom. The summed E-state index contributed by atoms with van der Waals surface area (Å²) in [5, 5.41) is 10.6. The molecule has 0 aromatic carbocycles. The topological polar surface area (TPSA) is 110 Å². The summed E-state index contributed by atoms with van der Waals surface area (Å²) in [4.78, 5) is 24.3. The Balaban J connectivity index is 1.93. The Morgan fingerprint density at radius 2 is 2.09 bits per heavy atom. The van der Waals surface area contributed by atoms with Crippen LogP contribution in [0.1, 0.15) is 29.4 Å². The van der Waals surface area contributed by atoms with E-state index < -0.39 is 14.9 Å². The maximum absolute atomic E-state index is 12.3. The fourth-order valence-corrected chi connectivity index (χ4v) is 3.93. The van der Waals surface area contributed by atoms with E-state index in [0.29, 0.717) is 30.8 Å². The molecule has 8 nitrogen and oxygen atoms in total. The third-order valence-electron chi connectivity index (χ3n) is 3.49. The summed E-state index contributed by atoms with van der Waals surface area (Å²) in [7, 11) is -3.24. The normalized spacial score (nSPS) is 16.7. The molecule has 0 saturated carbocycles. The number of sulfonamides is 1. The van der Waals surface area contributed by atoms with Crippen molar-refractivity contribution < 1.29 is 18.1 Å². The van der Waals surface area contributed by atoms with Gasteiger partial charge in [-0.05, 0) is 25.8 Å². The number of nitrogens with one attached hydrogen (secondary N) is 1. The van der Waals surface area contributed by atoms with E-state index >= 15 is 0 Å². The Bertz CT molecular complexity index is 662. The van der Waals surface area contributed by atoms with Crippen LogP contribution in [0.4, 0.5) is 5.00 Å². The van der Waals surface area contributed by atoms with Crippen LogP contribution in [0.2, 0.25) is 0 Å². The summed E-state index contributed by atoms with van der Waals surface area (Å²) in [6, 6.07) is 2.61. The predicted octanol–water partition coefficient (Wildman–Crippen LogP) is 1.20. The molecule has 1 saturated heterocycles. The lowest BCUT2D eigenvalue weighted by Crippen LogP contribution is -2.46. The quantitative estimate of drug-likeness (QED) is 0.636. The predicted molar refractivity (Wildman–Crippen MR) is 82.5 cm³/mol. The van der Waals surface area contributed by atoms with Gasteiger partial charge in [0.25, 0.3) is 5.91 Å². The van der Waals surface area contributed by atoms with Gasteiger partial charge < -0.3 is 4.90 Å². The van der Waals surface area contributed by atoms with Crippen molar-refractivity contribution in [1.29, 1.82) is 0 Å². The van der Waals surface area contributed by atoms with Crippen LogP contribution in [-0.4, -0.2) is 49.0 Å². The summed E-state index contributed by atoms with van der Waals surface area (Å²) < 4.78 is 25.6. The highest BCUT2D eigenvalue weighted by Crippen LogP contribution is 2.26. The summed E-state index contributed by atoms with van der Waals surface area (Å²) in [6.45, 7) is 2.44. The number of piperidine rings is 1. The minimum absolute atomic E-state index is 0.0327. The summed E-state index contributed by atoms with van der Waals surface area (Å²) in [6.07, 6.45) is 1.08. The minimum Gasteiger partial charge on any atom is -0.338 e. The number of thiophene rings is 1. The SMILES string of the molecule is CCS(=O)(=O)NC1CCN(C(=O)c2ccc([N+](=O)[O-])s2)CC1. The largest absolute Gasteiger partial charge is 0.338 e. The molecule has 1 N–H and O–H groups in total. The number of hydrogen-bond donors (Lipinski definition) is 1. The molecule has 1 aromatic heterocycles. The van der Waals surface area contributed by atoms with Crippen LogP contribution in [0, 0.1) is 10.1 Å². The molecule has 0 atom stereocenters. The van der Waals surface area contributed by atoms with Crippen molar-refractivity contribution in [2.45, 2.75) is 25.8 Å². The van der Waals surface area contributed by atoms with Crippen molar-refractivity contribution in [1.82, 2.24) is 9.62 Å².